The molecule has 0 bridgehead atoms. The van der Waals surface area contributed by atoms with Crippen LogP contribution in [0.25, 0.3) is 0 Å². The van der Waals surface area contributed by atoms with Crippen molar-refractivity contribution >= 4 is 23.3 Å². The second-order valence-electron chi connectivity index (χ2n) is 8.31. The number of carboxylic acids is 2. The van der Waals surface area contributed by atoms with Gasteiger partial charge in [-0.05, 0) is 46.0 Å². The second kappa shape index (κ2) is 14.1. The van der Waals surface area contributed by atoms with Crippen LogP contribution in [0.1, 0.15) is 22.6 Å². The molecule has 2 aliphatic rings. The first-order valence-corrected chi connectivity index (χ1v) is 11.6. The summed E-state index contributed by atoms with van der Waals surface area (Å²) in [5.41, 5.74) is 0. The molecule has 2 aliphatic heterocycles. The first-order chi connectivity index (χ1) is 16.5. The topological polar surface area (TPSA) is 99.5 Å². The molecule has 0 aliphatic carbocycles. The average Bonchev–Trinajstić information content (AvgIpc) is 3.31. The minimum atomic E-state index is -5.08. The third-order valence-electron chi connectivity index (χ3n) is 5.09. The largest absolute Gasteiger partial charge is 0.490 e. The number of alkyl halides is 6. The van der Waals surface area contributed by atoms with Gasteiger partial charge in [-0.3, -0.25) is 4.90 Å². The zero-order valence-electron chi connectivity index (χ0n) is 19.9. The van der Waals surface area contributed by atoms with Gasteiger partial charge in [0.1, 0.15) is 6.10 Å². The Bertz CT molecular complexity index is 809. The van der Waals surface area contributed by atoms with Crippen LogP contribution in [0.2, 0.25) is 0 Å². The third-order valence-corrected chi connectivity index (χ3v) is 6.08. The molecule has 2 fully saturated rings. The second-order valence-corrected chi connectivity index (χ2v) is 9.68. The Labute approximate surface area is 208 Å². The third kappa shape index (κ3) is 11.4. The molecule has 2 saturated heterocycles. The number of aryl methyl sites for hydroxylation is 1. The van der Waals surface area contributed by atoms with E-state index in [1.807, 2.05) is 11.3 Å². The molecular formula is C21H30F6N2O6S. The molecule has 8 nitrogen and oxygen atoms in total. The van der Waals surface area contributed by atoms with Crippen LogP contribution in [0.3, 0.4) is 0 Å². The number of hydrogen-bond donors (Lipinski definition) is 2. The molecule has 0 radical (unpaired) electrons. The van der Waals surface area contributed by atoms with Crippen LogP contribution in [0.4, 0.5) is 26.3 Å². The molecule has 208 valence electrons. The van der Waals surface area contributed by atoms with Crippen LogP contribution in [-0.4, -0.2) is 103 Å². The van der Waals surface area contributed by atoms with Crippen molar-refractivity contribution < 1.29 is 55.6 Å². The van der Waals surface area contributed by atoms with Crippen LogP contribution < -0.4 is 0 Å². The monoisotopic (exact) mass is 552 g/mol. The number of halogens is 6. The van der Waals surface area contributed by atoms with Gasteiger partial charge in [-0.15, -0.1) is 11.3 Å². The van der Waals surface area contributed by atoms with E-state index in [0.29, 0.717) is 6.04 Å². The zero-order valence-corrected chi connectivity index (χ0v) is 20.8. The smallest absolute Gasteiger partial charge is 0.475 e. The Morgan fingerprint density at radius 1 is 1.14 bits per heavy atom. The van der Waals surface area contributed by atoms with Crippen molar-refractivity contribution in [2.45, 2.75) is 56.9 Å². The van der Waals surface area contributed by atoms with Crippen LogP contribution in [-0.2, 0) is 25.6 Å². The molecule has 0 aromatic carbocycles. The van der Waals surface area contributed by atoms with Gasteiger partial charge in [0.15, 0.2) is 0 Å². The van der Waals surface area contributed by atoms with E-state index in [9.17, 15) is 26.3 Å². The highest BCUT2D eigenvalue weighted by Gasteiger charge is 2.44. The van der Waals surface area contributed by atoms with Gasteiger partial charge in [0.2, 0.25) is 0 Å². The number of ether oxygens (including phenoxy) is 2. The van der Waals surface area contributed by atoms with Gasteiger partial charge in [0, 0.05) is 42.0 Å². The predicted octanol–water partition coefficient (Wildman–Crippen LogP) is 3.63. The van der Waals surface area contributed by atoms with E-state index in [1.54, 1.807) is 0 Å². The molecule has 3 atom stereocenters. The number of rotatable bonds is 6. The molecule has 2 N–H and O–H groups in total. The number of aliphatic carboxylic acids is 2. The van der Waals surface area contributed by atoms with E-state index in [1.165, 1.54) is 22.6 Å². The number of likely N-dealkylation sites (N-methyl/N-ethyl adjacent to an activating group) is 1. The Kier molecular flexibility index (Phi) is 12.6. The maximum Gasteiger partial charge on any atom is 0.490 e. The summed E-state index contributed by atoms with van der Waals surface area (Å²) < 4.78 is 75.7. The normalized spacial score (nSPS) is 22.2. The van der Waals surface area contributed by atoms with E-state index in [0.717, 1.165) is 32.8 Å². The lowest BCUT2D eigenvalue weighted by Crippen LogP contribution is -2.42. The van der Waals surface area contributed by atoms with E-state index in [4.69, 9.17) is 29.3 Å². The highest BCUT2D eigenvalue weighted by molar-refractivity contribution is 7.11. The maximum absolute atomic E-state index is 10.6. The number of thiophene rings is 1. The molecule has 36 heavy (non-hydrogen) atoms. The number of carbonyl (C=O) groups is 2. The lowest BCUT2D eigenvalue weighted by Gasteiger charge is -2.32. The van der Waals surface area contributed by atoms with Crippen molar-refractivity contribution in [2.24, 2.45) is 0 Å². The molecular weight excluding hydrogens is 522 g/mol. The fourth-order valence-corrected chi connectivity index (χ4v) is 4.41. The summed E-state index contributed by atoms with van der Waals surface area (Å²) in [6.07, 6.45) is -7.27. The molecule has 0 unspecified atom stereocenters. The van der Waals surface area contributed by atoms with Gasteiger partial charge >= 0.3 is 24.3 Å². The zero-order chi connectivity index (χ0) is 27.7. The SMILES string of the molecule is Cc1ccc(CN2C[C@H](OCCN(C)C)[C@H]3OCCC[C@H]32)s1.O=C(O)C(F)(F)F.O=C(O)C(F)(F)F. The summed E-state index contributed by atoms with van der Waals surface area (Å²) in [4.78, 5) is 25.4. The predicted molar refractivity (Wildman–Crippen MR) is 118 cm³/mol. The van der Waals surface area contributed by atoms with Crippen LogP contribution in [0.15, 0.2) is 12.1 Å². The summed E-state index contributed by atoms with van der Waals surface area (Å²) in [5.74, 6) is -5.51. The fraction of sp³-hybridized carbons (Fsp3) is 0.714. The Morgan fingerprint density at radius 2 is 1.69 bits per heavy atom. The number of likely N-dealkylation sites (tertiary alicyclic amines) is 1. The van der Waals surface area contributed by atoms with Gasteiger partial charge in [0.25, 0.3) is 0 Å². The Balaban J connectivity index is 0.000000383. The van der Waals surface area contributed by atoms with E-state index < -0.39 is 24.3 Å². The molecule has 3 heterocycles. The van der Waals surface area contributed by atoms with E-state index in [2.05, 4.69) is 43.0 Å². The molecule has 0 saturated carbocycles. The first kappa shape index (κ1) is 32.1. The maximum atomic E-state index is 10.6. The average molecular weight is 553 g/mol. The Morgan fingerprint density at radius 3 is 2.14 bits per heavy atom. The molecule has 0 amide bonds. The number of fused-ring (bicyclic) bond motifs is 1. The van der Waals surface area contributed by atoms with Crippen LogP contribution >= 0.6 is 11.3 Å². The van der Waals surface area contributed by atoms with Gasteiger partial charge in [-0.2, -0.15) is 26.3 Å². The van der Waals surface area contributed by atoms with Gasteiger partial charge in [0.05, 0.1) is 12.7 Å². The lowest BCUT2D eigenvalue weighted by atomic mass is 10.0. The summed E-state index contributed by atoms with van der Waals surface area (Å²) in [6, 6.07) is 5.01. The molecule has 0 spiro atoms. The highest BCUT2D eigenvalue weighted by Crippen LogP contribution is 2.32. The van der Waals surface area contributed by atoms with Crippen LogP contribution in [0.5, 0.6) is 0 Å². The first-order valence-electron chi connectivity index (χ1n) is 10.8. The molecule has 15 heteroatoms. The summed E-state index contributed by atoms with van der Waals surface area (Å²) in [7, 11) is 4.17. The summed E-state index contributed by atoms with van der Waals surface area (Å²) in [6.45, 7) is 6.86. The Hall–Kier alpha value is -1.94. The quantitative estimate of drug-likeness (QED) is 0.517. The molecule has 1 aromatic rings. The standard InChI is InChI=1S/C17H28N2O2S.2C2HF3O2/c1-13-6-7-14(22-13)11-19-12-16(20-10-8-18(2)3)17-15(19)5-4-9-21-17;2*3-2(4,5)1(6)7/h6-7,15-17H,4-5,8-12H2,1-3H3;2*(H,6,7)/t15-,16+,17+;;/m1../s1. The highest BCUT2D eigenvalue weighted by atomic mass is 32.1. The minimum Gasteiger partial charge on any atom is -0.475 e. The van der Waals surface area contributed by atoms with Crippen molar-refractivity contribution in [2.75, 3.05) is 40.4 Å². The molecule has 3 rings (SSSR count). The van der Waals surface area contributed by atoms with Crippen LogP contribution in [0, 0.1) is 6.92 Å². The van der Waals surface area contributed by atoms with Crippen molar-refractivity contribution in [3.8, 4) is 0 Å². The molecule has 1 aromatic heterocycles. The number of nitrogens with zero attached hydrogens (tertiary/aromatic N) is 2. The minimum absolute atomic E-state index is 0.228. The fourth-order valence-electron chi connectivity index (χ4n) is 3.49. The summed E-state index contributed by atoms with van der Waals surface area (Å²) in [5, 5.41) is 14.2. The summed E-state index contributed by atoms with van der Waals surface area (Å²) >= 11 is 1.91. The van der Waals surface area contributed by atoms with E-state index in [-0.39, 0.29) is 12.2 Å². The number of hydrogen-bond acceptors (Lipinski definition) is 7. The van der Waals surface area contributed by atoms with Crippen molar-refractivity contribution in [3.05, 3.63) is 21.9 Å². The van der Waals surface area contributed by atoms with Gasteiger partial charge in [-0.1, -0.05) is 0 Å². The van der Waals surface area contributed by atoms with E-state index >= 15 is 0 Å². The van der Waals surface area contributed by atoms with Crippen molar-refractivity contribution in [1.82, 2.24) is 9.80 Å². The van der Waals surface area contributed by atoms with Gasteiger partial charge < -0.3 is 24.6 Å². The lowest BCUT2D eigenvalue weighted by molar-refractivity contribution is -0.193. The van der Waals surface area contributed by atoms with Gasteiger partial charge in [-0.25, -0.2) is 9.59 Å². The van der Waals surface area contributed by atoms with Crippen molar-refractivity contribution in [1.29, 1.82) is 0 Å². The number of carboxylic acid groups (broad SMARTS) is 2. The van der Waals surface area contributed by atoms with Crippen molar-refractivity contribution in [3.63, 3.8) is 0 Å².